The van der Waals surface area contributed by atoms with Crippen LogP contribution in [0.15, 0.2) is 6.07 Å². The predicted molar refractivity (Wildman–Crippen MR) is 77.5 cm³/mol. The molecule has 0 aromatic heterocycles. The lowest BCUT2D eigenvalue weighted by molar-refractivity contribution is -0.108. The molecule has 0 fully saturated rings. The molecule has 3 heteroatoms. The molecule has 0 saturated heterocycles. The van der Waals surface area contributed by atoms with Crippen LogP contribution in [-0.2, 0) is 4.79 Å². The molecule has 0 amide bonds. The average molecular weight is 274 g/mol. The maximum atomic E-state index is 10.8. The summed E-state index contributed by atoms with van der Waals surface area (Å²) >= 11 is 0. The monoisotopic (exact) mass is 274 g/mol. The topological polar surface area (TPSA) is 35.5 Å². The van der Waals surface area contributed by atoms with Gasteiger partial charge in [-0.15, -0.1) is 0 Å². The third-order valence-electron chi connectivity index (χ3n) is 4.86. The fourth-order valence-electron chi connectivity index (χ4n) is 3.73. The van der Waals surface area contributed by atoms with Gasteiger partial charge >= 0.3 is 0 Å². The average Bonchev–Trinajstić information content (AvgIpc) is 2.89. The van der Waals surface area contributed by atoms with Crippen molar-refractivity contribution in [2.24, 2.45) is 5.92 Å². The molecule has 0 N–H and O–H groups in total. The number of carbonyl (C=O) groups is 1. The van der Waals surface area contributed by atoms with E-state index >= 15 is 0 Å². The lowest BCUT2D eigenvalue weighted by atomic mass is 9.71. The second kappa shape index (κ2) is 5.12. The first-order valence-electron chi connectivity index (χ1n) is 7.50. The number of rotatable bonds is 3. The van der Waals surface area contributed by atoms with E-state index in [-0.39, 0.29) is 0 Å². The van der Waals surface area contributed by atoms with Gasteiger partial charge in [0.25, 0.3) is 0 Å². The van der Waals surface area contributed by atoms with Gasteiger partial charge in [-0.1, -0.05) is 19.9 Å². The number of hydrogen-bond donors (Lipinski definition) is 0. The first-order chi connectivity index (χ1) is 9.63. The number of hydrogen-bond acceptors (Lipinski definition) is 3. The summed E-state index contributed by atoms with van der Waals surface area (Å²) in [5.41, 5.74) is 3.84. The normalized spacial score (nSPS) is 25.1. The Labute approximate surface area is 120 Å². The Morgan fingerprint density at radius 3 is 2.85 bits per heavy atom. The van der Waals surface area contributed by atoms with Crippen LogP contribution in [-0.4, -0.2) is 13.1 Å². The summed E-state index contributed by atoms with van der Waals surface area (Å²) in [5, 5.41) is 0. The van der Waals surface area contributed by atoms with E-state index in [2.05, 4.69) is 26.8 Å². The van der Waals surface area contributed by atoms with Crippen LogP contribution < -0.4 is 9.47 Å². The summed E-state index contributed by atoms with van der Waals surface area (Å²) in [4.78, 5) is 10.8. The molecule has 0 unspecified atom stereocenters. The van der Waals surface area contributed by atoms with Crippen LogP contribution in [0.5, 0.6) is 11.5 Å². The van der Waals surface area contributed by atoms with Gasteiger partial charge < -0.3 is 14.3 Å². The summed E-state index contributed by atoms with van der Waals surface area (Å²) in [6.07, 6.45) is 3.98. The molecule has 3 nitrogen and oxygen atoms in total. The minimum atomic E-state index is 0.327. The number of fused-ring (bicyclic) bond motifs is 3. The molecule has 20 heavy (non-hydrogen) atoms. The Bertz CT molecular complexity index is 536. The molecule has 1 aliphatic carbocycles. The van der Waals surface area contributed by atoms with Crippen molar-refractivity contribution in [2.45, 2.75) is 51.9 Å². The Kier molecular flexibility index (Phi) is 3.45. The number of aldehydes is 1. The molecule has 108 valence electrons. The maximum absolute atomic E-state index is 10.8. The number of ether oxygens (including phenoxy) is 2. The van der Waals surface area contributed by atoms with Gasteiger partial charge in [0.15, 0.2) is 11.5 Å². The molecule has 0 spiro atoms. The highest BCUT2D eigenvalue weighted by Crippen LogP contribution is 2.52. The minimum Gasteiger partial charge on any atom is -0.453 e. The van der Waals surface area contributed by atoms with E-state index in [1.54, 1.807) is 0 Å². The van der Waals surface area contributed by atoms with Crippen LogP contribution in [0.3, 0.4) is 0 Å². The van der Waals surface area contributed by atoms with Crippen LogP contribution in [0, 0.1) is 12.8 Å². The lowest BCUT2D eigenvalue weighted by Gasteiger charge is -2.34. The third kappa shape index (κ3) is 2.00. The molecule has 0 radical (unpaired) electrons. The molecule has 1 heterocycles. The van der Waals surface area contributed by atoms with Gasteiger partial charge in [-0.2, -0.15) is 0 Å². The molecule has 0 saturated carbocycles. The van der Waals surface area contributed by atoms with Gasteiger partial charge in [0.1, 0.15) is 6.29 Å². The number of aryl methyl sites for hydroxylation is 1. The molecule has 1 aromatic rings. The fourth-order valence-corrected chi connectivity index (χ4v) is 3.73. The molecular weight excluding hydrogens is 252 g/mol. The van der Waals surface area contributed by atoms with Gasteiger partial charge in [-0.3, -0.25) is 0 Å². The summed E-state index contributed by atoms with van der Waals surface area (Å²) in [6.45, 7) is 6.85. The van der Waals surface area contributed by atoms with Crippen molar-refractivity contribution in [3.05, 3.63) is 22.8 Å². The lowest BCUT2D eigenvalue weighted by Crippen LogP contribution is -2.19. The van der Waals surface area contributed by atoms with E-state index in [0.717, 1.165) is 36.2 Å². The molecular formula is C17H22O3. The first-order valence-corrected chi connectivity index (χ1v) is 7.50. The van der Waals surface area contributed by atoms with Crippen LogP contribution in [0.25, 0.3) is 0 Å². The van der Waals surface area contributed by atoms with Crippen molar-refractivity contribution in [3.63, 3.8) is 0 Å². The summed E-state index contributed by atoms with van der Waals surface area (Å²) < 4.78 is 11.4. The molecule has 1 aliphatic heterocycles. The second-order valence-electron chi connectivity index (χ2n) is 6.23. The van der Waals surface area contributed by atoms with Gasteiger partial charge in [0.2, 0.25) is 6.79 Å². The van der Waals surface area contributed by atoms with Crippen LogP contribution >= 0.6 is 0 Å². The van der Waals surface area contributed by atoms with E-state index in [9.17, 15) is 4.79 Å². The van der Waals surface area contributed by atoms with Crippen molar-refractivity contribution in [1.82, 2.24) is 0 Å². The molecule has 3 rings (SSSR count). The summed E-state index contributed by atoms with van der Waals surface area (Å²) in [7, 11) is 0. The van der Waals surface area contributed by atoms with Crippen LogP contribution in [0.4, 0.5) is 0 Å². The minimum absolute atomic E-state index is 0.327. The SMILES string of the molecule is Cc1cc2c(c3c1OCO3)[C@@H](C)CC[C@@H]2[C@@H](C)CC=O. The predicted octanol–water partition coefficient (Wildman–Crippen LogP) is 3.93. The highest BCUT2D eigenvalue weighted by molar-refractivity contribution is 5.59. The fraction of sp³-hybridized carbons (Fsp3) is 0.588. The highest BCUT2D eigenvalue weighted by atomic mass is 16.7. The first kappa shape index (κ1) is 13.5. The molecule has 2 aliphatic rings. The van der Waals surface area contributed by atoms with E-state index in [4.69, 9.17) is 9.47 Å². The number of carbonyl (C=O) groups excluding carboxylic acids is 1. The molecule has 0 bridgehead atoms. The molecule has 3 atom stereocenters. The Morgan fingerprint density at radius 2 is 2.10 bits per heavy atom. The van der Waals surface area contributed by atoms with Crippen LogP contribution in [0.2, 0.25) is 0 Å². The Balaban J connectivity index is 2.10. The highest BCUT2D eigenvalue weighted by Gasteiger charge is 2.34. The quantitative estimate of drug-likeness (QED) is 0.783. The Hall–Kier alpha value is -1.51. The zero-order valence-corrected chi connectivity index (χ0v) is 12.4. The van der Waals surface area contributed by atoms with E-state index in [1.807, 2.05) is 0 Å². The zero-order chi connectivity index (χ0) is 14.3. The van der Waals surface area contributed by atoms with Crippen molar-refractivity contribution >= 4 is 6.29 Å². The van der Waals surface area contributed by atoms with Crippen molar-refractivity contribution in [1.29, 1.82) is 0 Å². The van der Waals surface area contributed by atoms with E-state index in [1.165, 1.54) is 11.1 Å². The van der Waals surface area contributed by atoms with Gasteiger partial charge in [0, 0.05) is 12.0 Å². The van der Waals surface area contributed by atoms with Crippen LogP contribution in [0.1, 0.15) is 61.6 Å². The standard InChI is InChI=1S/C17H22O3/c1-10(6-7-18)13-5-4-11(2)15-14(13)8-12(3)16-17(15)20-9-19-16/h7-8,10-11,13H,4-6,9H2,1-3H3/t10-,11-,13+/m0/s1. The van der Waals surface area contributed by atoms with Gasteiger partial charge in [-0.05, 0) is 48.6 Å². The second-order valence-corrected chi connectivity index (χ2v) is 6.23. The smallest absolute Gasteiger partial charge is 0.231 e. The largest absolute Gasteiger partial charge is 0.453 e. The molecule has 1 aromatic carbocycles. The number of benzene rings is 1. The zero-order valence-electron chi connectivity index (χ0n) is 12.4. The van der Waals surface area contributed by atoms with Crippen molar-refractivity contribution < 1.29 is 14.3 Å². The summed E-state index contributed by atoms with van der Waals surface area (Å²) in [5.74, 6) is 3.22. The van der Waals surface area contributed by atoms with E-state index in [0.29, 0.717) is 31.0 Å². The van der Waals surface area contributed by atoms with Gasteiger partial charge in [0.05, 0.1) is 0 Å². The summed E-state index contributed by atoms with van der Waals surface area (Å²) in [6, 6.07) is 2.25. The van der Waals surface area contributed by atoms with E-state index < -0.39 is 0 Å². The third-order valence-corrected chi connectivity index (χ3v) is 4.86. The van der Waals surface area contributed by atoms with Crippen molar-refractivity contribution in [2.75, 3.05) is 6.79 Å². The Morgan fingerprint density at radius 1 is 1.35 bits per heavy atom. The van der Waals surface area contributed by atoms with Crippen molar-refractivity contribution in [3.8, 4) is 11.5 Å². The van der Waals surface area contributed by atoms with Gasteiger partial charge in [-0.25, -0.2) is 0 Å². The maximum Gasteiger partial charge on any atom is 0.231 e.